The van der Waals surface area contributed by atoms with Gasteiger partial charge in [-0.3, -0.25) is 0 Å². The van der Waals surface area contributed by atoms with Crippen LogP contribution in [0.5, 0.6) is 11.5 Å². The first-order valence-corrected chi connectivity index (χ1v) is 4.69. The van der Waals surface area contributed by atoms with Gasteiger partial charge in [-0.15, -0.1) is 0 Å². The lowest BCUT2D eigenvalue weighted by molar-refractivity contribution is 0.0686. The Morgan fingerprint density at radius 1 is 1.41 bits per heavy atom. The Balaban J connectivity index is 2.51. The smallest absolute Gasteiger partial charge is 0.358 e. The van der Waals surface area contributed by atoms with Crippen molar-refractivity contribution in [2.24, 2.45) is 0 Å². The van der Waals surface area contributed by atoms with Crippen molar-refractivity contribution >= 4 is 5.97 Å². The van der Waals surface area contributed by atoms with Gasteiger partial charge in [0.25, 0.3) is 0 Å². The summed E-state index contributed by atoms with van der Waals surface area (Å²) in [6.07, 6.45) is 0. The van der Waals surface area contributed by atoms with E-state index in [0.717, 1.165) is 0 Å². The minimum atomic E-state index is -1.18. The van der Waals surface area contributed by atoms with Gasteiger partial charge >= 0.3 is 5.97 Å². The molecule has 0 aliphatic rings. The Kier molecular flexibility index (Phi) is 2.70. The van der Waals surface area contributed by atoms with E-state index < -0.39 is 5.97 Å². The number of aromatic hydroxyl groups is 1. The molecule has 6 heteroatoms. The predicted octanol–water partition coefficient (Wildman–Crippen LogP) is 1.75. The summed E-state index contributed by atoms with van der Waals surface area (Å²) < 4.78 is 9.97. The number of benzene rings is 1. The first kappa shape index (κ1) is 11.0. The van der Waals surface area contributed by atoms with Gasteiger partial charge in [0, 0.05) is 6.07 Å². The molecule has 2 rings (SSSR count). The highest BCUT2D eigenvalue weighted by Crippen LogP contribution is 2.33. The van der Waals surface area contributed by atoms with Crippen LogP contribution in [0.15, 0.2) is 28.8 Å². The number of aromatic nitrogens is 1. The maximum absolute atomic E-state index is 10.7. The SMILES string of the molecule is COc1ccc(O)cc1-c1cc(C(=O)O)no1. The van der Waals surface area contributed by atoms with Crippen molar-refractivity contribution in [1.82, 2.24) is 5.16 Å². The second-order valence-corrected chi connectivity index (χ2v) is 3.27. The normalized spacial score (nSPS) is 10.2. The van der Waals surface area contributed by atoms with E-state index in [1.54, 1.807) is 6.07 Å². The zero-order valence-electron chi connectivity index (χ0n) is 8.88. The monoisotopic (exact) mass is 235 g/mol. The average molecular weight is 235 g/mol. The van der Waals surface area contributed by atoms with Crippen molar-refractivity contribution in [2.75, 3.05) is 7.11 Å². The average Bonchev–Trinajstić information content (AvgIpc) is 2.78. The predicted molar refractivity (Wildman–Crippen MR) is 57.1 cm³/mol. The second kappa shape index (κ2) is 4.17. The van der Waals surface area contributed by atoms with Crippen molar-refractivity contribution in [1.29, 1.82) is 0 Å². The molecule has 0 atom stereocenters. The van der Waals surface area contributed by atoms with Gasteiger partial charge in [-0.05, 0) is 18.2 Å². The summed E-state index contributed by atoms with van der Waals surface area (Å²) in [4.78, 5) is 10.7. The molecule has 2 aromatic rings. The minimum Gasteiger partial charge on any atom is -0.508 e. The van der Waals surface area contributed by atoms with Crippen LogP contribution < -0.4 is 4.74 Å². The molecule has 1 aromatic carbocycles. The Labute approximate surface area is 96.0 Å². The molecule has 0 saturated carbocycles. The van der Waals surface area contributed by atoms with Crippen LogP contribution in [0.25, 0.3) is 11.3 Å². The molecule has 0 fully saturated rings. The van der Waals surface area contributed by atoms with Gasteiger partial charge in [0.05, 0.1) is 12.7 Å². The van der Waals surface area contributed by atoms with Crippen molar-refractivity contribution < 1.29 is 24.3 Å². The van der Waals surface area contributed by atoms with E-state index in [-0.39, 0.29) is 17.2 Å². The molecule has 0 aliphatic carbocycles. The summed E-state index contributed by atoms with van der Waals surface area (Å²) in [7, 11) is 1.46. The van der Waals surface area contributed by atoms with E-state index in [0.29, 0.717) is 11.3 Å². The number of carboxylic acid groups (broad SMARTS) is 1. The van der Waals surface area contributed by atoms with Crippen LogP contribution in [-0.2, 0) is 0 Å². The number of methoxy groups -OCH3 is 1. The lowest BCUT2D eigenvalue weighted by Crippen LogP contribution is -1.94. The molecular weight excluding hydrogens is 226 g/mol. The van der Waals surface area contributed by atoms with Crippen LogP contribution in [0.3, 0.4) is 0 Å². The molecule has 0 unspecified atom stereocenters. The second-order valence-electron chi connectivity index (χ2n) is 3.27. The number of carbonyl (C=O) groups is 1. The third-order valence-corrected chi connectivity index (χ3v) is 2.18. The van der Waals surface area contributed by atoms with Crippen LogP contribution >= 0.6 is 0 Å². The molecule has 0 aliphatic heterocycles. The molecule has 6 nitrogen and oxygen atoms in total. The largest absolute Gasteiger partial charge is 0.508 e. The van der Waals surface area contributed by atoms with E-state index in [9.17, 15) is 9.90 Å². The zero-order chi connectivity index (χ0) is 12.4. The van der Waals surface area contributed by atoms with Gasteiger partial charge in [-0.25, -0.2) is 4.79 Å². The summed E-state index contributed by atoms with van der Waals surface area (Å²) >= 11 is 0. The quantitative estimate of drug-likeness (QED) is 0.841. The third kappa shape index (κ3) is 2.05. The number of carboxylic acids is 1. The highest BCUT2D eigenvalue weighted by Gasteiger charge is 2.15. The molecule has 88 valence electrons. The number of phenols is 1. The number of rotatable bonds is 3. The van der Waals surface area contributed by atoms with Crippen molar-refractivity contribution in [3.05, 3.63) is 30.0 Å². The van der Waals surface area contributed by atoms with Gasteiger partial charge in [0.15, 0.2) is 11.5 Å². The van der Waals surface area contributed by atoms with Crippen LogP contribution in [0, 0.1) is 0 Å². The van der Waals surface area contributed by atoms with E-state index in [4.69, 9.17) is 14.4 Å². The maximum atomic E-state index is 10.7. The Morgan fingerprint density at radius 2 is 2.18 bits per heavy atom. The van der Waals surface area contributed by atoms with Gasteiger partial charge in [0.2, 0.25) is 0 Å². The minimum absolute atomic E-state index is 0.0223. The molecule has 0 radical (unpaired) electrons. The highest BCUT2D eigenvalue weighted by molar-refractivity contribution is 5.86. The van der Waals surface area contributed by atoms with Crippen LogP contribution in [0.4, 0.5) is 0 Å². The van der Waals surface area contributed by atoms with Crippen LogP contribution in [0.2, 0.25) is 0 Å². The van der Waals surface area contributed by atoms with Crippen LogP contribution in [0.1, 0.15) is 10.5 Å². The number of hydrogen-bond acceptors (Lipinski definition) is 5. The Hall–Kier alpha value is -2.50. The van der Waals surface area contributed by atoms with Crippen molar-refractivity contribution in [3.63, 3.8) is 0 Å². The number of ether oxygens (including phenoxy) is 1. The lowest BCUT2D eigenvalue weighted by atomic mass is 10.1. The molecule has 1 heterocycles. The number of nitrogens with zero attached hydrogens (tertiary/aromatic N) is 1. The van der Waals surface area contributed by atoms with Crippen molar-refractivity contribution in [3.8, 4) is 22.8 Å². The summed E-state index contributed by atoms with van der Waals surface area (Å²) in [5.74, 6) is -0.487. The van der Waals surface area contributed by atoms with Gasteiger partial charge in [-0.2, -0.15) is 0 Å². The molecule has 2 N–H and O–H groups in total. The fourth-order valence-electron chi connectivity index (χ4n) is 1.39. The molecule has 0 bridgehead atoms. The van der Waals surface area contributed by atoms with Gasteiger partial charge in [0.1, 0.15) is 11.5 Å². The summed E-state index contributed by atoms with van der Waals surface area (Å²) in [5.41, 5.74) is 0.234. The Bertz CT molecular complexity index is 561. The third-order valence-electron chi connectivity index (χ3n) is 2.18. The molecule has 0 amide bonds. The summed E-state index contributed by atoms with van der Waals surface area (Å²) in [6.45, 7) is 0. The van der Waals surface area contributed by atoms with E-state index in [1.807, 2.05) is 0 Å². The molecular formula is C11H9NO5. The first-order valence-electron chi connectivity index (χ1n) is 4.69. The lowest BCUT2D eigenvalue weighted by Gasteiger charge is -2.05. The number of aromatic carboxylic acids is 1. The highest BCUT2D eigenvalue weighted by atomic mass is 16.5. The fourth-order valence-corrected chi connectivity index (χ4v) is 1.39. The molecule has 1 aromatic heterocycles. The van der Waals surface area contributed by atoms with Crippen molar-refractivity contribution in [2.45, 2.75) is 0 Å². The topological polar surface area (TPSA) is 92.8 Å². The number of hydrogen-bond donors (Lipinski definition) is 2. The number of phenolic OH excluding ortho intramolecular Hbond substituents is 1. The molecule has 0 spiro atoms. The van der Waals surface area contributed by atoms with E-state index in [1.165, 1.54) is 25.3 Å². The van der Waals surface area contributed by atoms with E-state index >= 15 is 0 Å². The van der Waals surface area contributed by atoms with Crippen LogP contribution in [-0.4, -0.2) is 28.4 Å². The standard InChI is InChI=1S/C11H9NO5/c1-16-9-3-2-6(13)4-7(9)10-5-8(11(14)15)12-17-10/h2-5,13H,1H3,(H,14,15). The van der Waals surface area contributed by atoms with Gasteiger partial charge in [-0.1, -0.05) is 5.16 Å². The Morgan fingerprint density at radius 3 is 2.76 bits per heavy atom. The van der Waals surface area contributed by atoms with E-state index in [2.05, 4.69) is 5.16 Å². The summed E-state index contributed by atoms with van der Waals surface area (Å²) in [6, 6.07) is 5.68. The first-order chi connectivity index (χ1) is 8.11. The molecule has 0 saturated heterocycles. The maximum Gasteiger partial charge on any atom is 0.358 e. The molecule has 17 heavy (non-hydrogen) atoms. The van der Waals surface area contributed by atoms with Gasteiger partial charge < -0.3 is 19.5 Å². The summed E-state index contributed by atoms with van der Waals surface area (Å²) in [5, 5.41) is 21.5. The fraction of sp³-hybridized carbons (Fsp3) is 0.0909. The zero-order valence-corrected chi connectivity index (χ0v) is 8.88.